The largest absolute Gasteiger partial charge is 0.139 e. The molecule has 0 heterocycles. The maximum Gasteiger partial charge on any atom is 0.139 e. The Morgan fingerprint density at radius 1 is 1.00 bits per heavy atom. The zero-order chi connectivity index (χ0) is 8.48. The fourth-order valence-electron chi connectivity index (χ4n) is 1.05. The molecule has 1 rings (SSSR count). The van der Waals surface area contributed by atoms with E-state index in [-0.39, 0.29) is 0 Å². The summed E-state index contributed by atoms with van der Waals surface area (Å²) in [5.74, 6) is 0. The monoisotopic (exact) mass is 162 g/mol. The molecule has 0 nitrogen and oxygen atoms in total. The van der Waals surface area contributed by atoms with Crippen molar-refractivity contribution in [2.24, 2.45) is 0 Å². The molecule has 1 aromatic carbocycles. The Bertz CT molecular complexity index is 233. The van der Waals surface area contributed by atoms with Gasteiger partial charge < -0.3 is 0 Å². The van der Waals surface area contributed by atoms with Crippen LogP contribution in [0.4, 0.5) is 0 Å². The molecule has 0 N–H and O–H groups in total. The van der Waals surface area contributed by atoms with Gasteiger partial charge in [-0.25, -0.2) is 0 Å². The van der Waals surface area contributed by atoms with Crippen LogP contribution in [0.25, 0.3) is 0 Å². The van der Waals surface area contributed by atoms with Crippen LogP contribution >= 0.6 is 0 Å². The molecule has 0 aliphatic heterocycles. The Morgan fingerprint density at radius 2 is 1.45 bits per heavy atom. The third kappa shape index (κ3) is 2.23. The van der Waals surface area contributed by atoms with Gasteiger partial charge in [-0.15, -0.1) is 0 Å². The SMILES string of the molecule is Bc1ccc([Si](C)(C)C)cc1. The summed E-state index contributed by atoms with van der Waals surface area (Å²) in [6, 6.07) is 8.93. The summed E-state index contributed by atoms with van der Waals surface area (Å²) in [6.45, 7) is 7.12. The molecular weight excluding hydrogens is 147 g/mol. The van der Waals surface area contributed by atoms with Crippen LogP contribution in [-0.4, -0.2) is 15.9 Å². The third-order valence-corrected chi connectivity index (χ3v) is 3.98. The van der Waals surface area contributed by atoms with E-state index >= 15 is 0 Å². The van der Waals surface area contributed by atoms with E-state index < -0.39 is 8.07 Å². The fraction of sp³-hybridized carbons (Fsp3) is 0.333. The Kier molecular flexibility index (Phi) is 2.23. The fourth-order valence-corrected chi connectivity index (χ4v) is 2.22. The number of hydrogen-bond acceptors (Lipinski definition) is 0. The van der Waals surface area contributed by atoms with Gasteiger partial charge in [-0.3, -0.25) is 0 Å². The van der Waals surface area contributed by atoms with Gasteiger partial charge in [-0.1, -0.05) is 54.6 Å². The smallest absolute Gasteiger partial charge is 0.0890 e. The van der Waals surface area contributed by atoms with Gasteiger partial charge in [-0.2, -0.15) is 0 Å². The highest BCUT2D eigenvalue weighted by Crippen LogP contribution is 1.99. The summed E-state index contributed by atoms with van der Waals surface area (Å²) in [6.07, 6.45) is 0. The maximum atomic E-state index is 2.37. The first-order valence-electron chi connectivity index (χ1n) is 4.07. The van der Waals surface area contributed by atoms with Crippen LogP contribution in [0.15, 0.2) is 24.3 Å². The second-order valence-corrected chi connectivity index (χ2v) is 9.19. The van der Waals surface area contributed by atoms with Crippen molar-refractivity contribution >= 4 is 26.6 Å². The van der Waals surface area contributed by atoms with Crippen molar-refractivity contribution in [2.75, 3.05) is 0 Å². The summed E-state index contributed by atoms with van der Waals surface area (Å²) in [5, 5.41) is 1.54. The third-order valence-electron chi connectivity index (χ3n) is 1.92. The van der Waals surface area contributed by atoms with E-state index in [1.165, 1.54) is 5.46 Å². The van der Waals surface area contributed by atoms with E-state index in [0.717, 1.165) is 0 Å². The van der Waals surface area contributed by atoms with Crippen LogP contribution in [0.3, 0.4) is 0 Å². The highest BCUT2D eigenvalue weighted by Gasteiger charge is 2.14. The molecule has 0 spiro atoms. The second-order valence-electron chi connectivity index (χ2n) is 4.12. The number of benzene rings is 1. The predicted octanol–water partition coefficient (Wildman–Crippen LogP) is 0.490. The van der Waals surface area contributed by atoms with E-state index in [0.29, 0.717) is 0 Å². The Morgan fingerprint density at radius 3 is 1.82 bits per heavy atom. The topological polar surface area (TPSA) is 0 Å². The first kappa shape index (κ1) is 8.60. The Hall–Kier alpha value is -0.498. The first-order valence-corrected chi connectivity index (χ1v) is 7.57. The van der Waals surface area contributed by atoms with Gasteiger partial charge in [0.1, 0.15) is 7.85 Å². The average Bonchev–Trinajstić information content (AvgIpc) is 1.86. The minimum Gasteiger partial charge on any atom is -0.0890 e. The molecule has 11 heavy (non-hydrogen) atoms. The lowest BCUT2D eigenvalue weighted by molar-refractivity contribution is 1.71. The van der Waals surface area contributed by atoms with E-state index in [1.807, 2.05) is 0 Å². The van der Waals surface area contributed by atoms with Crippen LogP contribution in [0.5, 0.6) is 0 Å². The zero-order valence-corrected chi connectivity index (χ0v) is 8.81. The molecule has 0 fully saturated rings. The molecule has 0 radical (unpaired) electrons. The van der Waals surface area contributed by atoms with Gasteiger partial charge in [-0.05, 0) is 0 Å². The van der Waals surface area contributed by atoms with Crippen LogP contribution in [0, 0.1) is 0 Å². The summed E-state index contributed by atoms with van der Waals surface area (Å²) >= 11 is 0. The van der Waals surface area contributed by atoms with Crippen molar-refractivity contribution in [3.63, 3.8) is 0 Å². The molecule has 0 atom stereocenters. The molecule has 1 aromatic rings. The van der Waals surface area contributed by atoms with Crippen LogP contribution < -0.4 is 10.6 Å². The van der Waals surface area contributed by atoms with E-state index in [1.54, 1.807) is 5.19 Å². The molecule has 2 heteroatoms. The summed E-state index contributed by atoms with van der Waals surface area (Å²) < 4.78 is 0. The lowest BCUT2D eigenvalue weighted by Gasteiger charge is -2.16. The molecule has 0 aromatic heterocycles. The standard InChI is InChI=1S/C9H15BSi/c1-11(2,3)9-6-4-8(10)5-7-9/h4-7H,10H2,1-3H3. The molecule has 0 saturated carbocycles. The normalized spacial score (nSPS) is 11.5. The van der Waals surface area contributed by atoms with Gasteiger partial charge in [0.2, 0.25) is 0 Å². The second kappa shape index (κ2) is 2.86. The number of rotatable bonds is 1. The molecular formula is C9H15BSi. The van der Waals surface area contributed by atoms with Gasteiger partial charge in [0.05, 0.1) is 8.07 Å². The Labute approximate surface area is 71.1 Å². The minimum absolute atomic E-state index is 1.06. The molecule has 58 valence electrons. The molecule has 0 aliphatic rings. The van der Waals surface area contributed by atoms with Crippen molar-refractivity contribution in [2.45, 2.75) is 19.6 Å². The van der Waals surface area contributed by atoms with E-state index in [2.05, 4.69) is 51.8 Å². The summed E-state index contributed by atoms with van der Waals surface area (Å²) in [4.78, 5) is 0. The van der Waals surface area contributed by atoms with Crippen molar-refractivity contribution < 1.29 is 0 Å². The van der Waals surface area contributed by atoms with Crippen molar-refractivity contribution in [1.82, 2.24) is 0 Å². The van der Waals surface area contributed by atoms with Crippen LogP contribution in [-0.2, 0) is 0 Å². The lowest BCUT2D eigenvalue weighted by atomic mass is 9.97. The van der Waals surface area contributed by atoms with Crippen LogP contribution in [0.1, 0.15) is 0 Å². The van der Waals surface area contributed by atoms with E-state index in [9.17, 15) is 0 Å². The molecule has 0 aliphatic carbocycles. The minimum atomic E-state index is -1.06. The molecule has 0 saturated heterocycles. The number of hydrogen-bond donors (Lipinski definition) is 0. The van der Waals surface area contributed by atoms with Gasteiger partial charge in [0, 0.05) is 0 Å². The van der Waals surface area contributed by atoms with Crippen molar-refractivity contribution in [3.8, 4) is 0 Å². The van der Waals surface area contributed by atoms with Gasteiger partial charge >= 0.3 is 0 Å². The zero-order valence-electron chi connectivity index (χ0n) is 7.81. The lowest BCUT2D eigenvalue weighted by Crippen LogP contribution is -2.37. The molecule has 0 amide bonds. The van der Waals surface area contributed by atoms with Gasteiger partial charge in [0.25, 0.3) is 0 Å². The molecule has 0 bridgehead atoms. The van der Waals surface area contributed by atoms with Crippen molar-refractivity contribution in [3.05, 3.63) is 24.3 Å². The predicted molar refractivity (Wildman–Crippen MR) is 57.6 cm³/mol. The van der Waals surface area contributed by atoms with E-state index in [4.69, 9.17) is 0 Å². The summed E-state index contributed by atoms with van der Waals surface area (Å²) in [5.41, 5.74) is 1.35. The Balaban J connectivity index is 2.99. The quantitative estimate of drug-likeness (QED) is 0.527. The first-order chi connectivity index (χ1) is 5.00. The molecule has 0 unspecified atom stereocenters. The maximum absolute atomic E-state index is 2.37. The highest BCUT2D eigenvalue weighted by molar-refractivity contribution is 6.88. The summed E-state index contributed by atoms with van der Waals surface area (Å²) in [7, 11) is 1.08. The van der Waals surface area contributed by atoms with Crippen LogP contribution in [0.2, 0.25) is 19.6 Å². The highest BCUT2D eigenvalue weighted by atomic mass is 28.3. The average molecular weight is 162 g/mol. The van der Waals surface area contributed by atoms with Crippen molar-refractivity contribution in [1.29, 1.82) is 0 Å². The van der Waals surface area contributed by atoms with Gasteiger partial charge in [0.15, 0.2) is 0 Å².